The summed E-state index contributed by atoms with van der Waals surface area (Å²) in [5.74, 6) is 1.57. The number of carbonyl (C=O) groups excluding carboxylic acids is 2. The van der Waals surface area contributed by atoms with E-state index in [4.69, 9.17) is 26.4 Å². The number of methoxy groups -OCH3 is 2. The predicted molar refractivity (Wildman–Crippen MR) is 146 cm³/mol. The molecule has 8 nitrogen and oxygen atoms in total. The average molecular weight is 520 g/mol. The van der Waals surface area contributed by atoms with Gasteiger partial charge in [0.2, 0.25) is 5.91 Å². The molecule has 3 aromatic rings. The van der Waals surface area contributed by atoms with Crippen LogP contribution in [0.25, 0.3) is 0 Å². The lowest BCUT2D eigenvalue weighted by atomic mass is 10.1. The van der Waals surface area contributed by atoms with Crippen LogP contribution in [0.2, 0.25) is 0 Å². The van der Waals surface area contributed by atoms with Crippen LogP contribution in [-0.4, -0.2) is 48.7 Å². The molecule has 9 heteroatoms. The summed E-state index contributed by atoms with van der Waals surface area (Å²) >= 11 is 5.76. The maximum atomic E-state index is 13.6. The molecule has 1 aliphatic heterocycles. The molecule has 0 radical (unpaired) electrons. The molecule has 1 N–H and O–H groups in total. The summed E-state index contributed by atoms with van der Waals surface area (Å²) in [5, 5.41) is 3.21. The Hall–Kier alpha value is -4.11. The molecule has 1 unspecified atom stereocenters. The van der Waals surface area contributed by atoms with Crippen molar-refractivity contribution in [3.63, 3.8) is 0 Å². The number of benzene rings is 3. The second-order valence-corrected chi connectivity index (χ2v) is 8.72. The zero-order valence-electron chi connectivity index (χ0n) is 21.0. The van der Waals surface area contributed by atoms with E-state index in [1.165, 1.54) is 4.90 Å². The highest BCUT2D eigenvalue weighted by molar-refractivity contribution is 7.80. The van der Waals surface area contributed by atoms with Crippen molar-refractivity contribution in [1.29, 1.82) is 0 Å². The molecule has 1 aliphatic rings. The van der Waals surface area contributed by atoms with Gasteiger partial charge in [0.25, 0.3) is 5.91 Å². The summed E-state index contributed by atoms with van der Waals surface area (Å²) in [6, 6.07) is 21.0. The first-order chi connectivity index (χ1) is 17.9. The van der Waals surface area contributed by atoms with E-state index in [9.17, 15) is 9.59 Å². The number of anilines is 2. The molecule has 0 aliphatic carbocycles. The highest BCUT2D eigenvalue weighted by Crippen LogP contribution is 2.30. The van der Waals surface area contributed by atoms with Crippen molar-refractivity contribution in [1.82, 2.24) is 4.90 Å². The zero-order valence-corrected chi connectivity index (χ0v) is 21.8. The van der Waals surface area contributed by atoms with Crippen LogP contribution in [0.3, 0.4) is 0 Å². The molecular formula is C28H29N3O5S. The molecule has 1 heterocycles. The topological polar surface area (TPSA) is 80.3 Å². The largest absolute Gasteiger partial charge is 0.497 e. The molecule has 37 heavy (non-hydrogen) atoms. The van der Waals surface area contributed by atoms with Crippen LogP contribution in [0.1, 0.15) is 18.9 Å². The number of hydrogen-bond donors (Lipinski definition) is 1. The first kappa shape index (κ1) is 26.0. The number of ether oxygens (including phenoxy) is 3. The van der Waals surface area contributed by atoms with Gasteiger partial charge in [-0.15, -0.1) is 0 Å². The molecule has 0 bridgehead atoms. The first-order valence-corrected chi connectivity index (χ1v) is 12.3. The van der Waals surface area contributed by atoms with Gasteiger partial charge in [0, 0.05) is 12.2 Å². The third kappa shape index (κ3) is 6.00. The van der Waals surface area contributed by atoms with Gasteiger partial charge in [-0.1, -0.05) is 12.1 Å². The fourth-order valence-corrected chi connectivity index (χ4v) is 4.49. The maximum Gasteiger partial charge on any atom is 0.256 e. The van der Waals surface area contributed by atoms with E-state index in [1.54, 1.807) is 67.7 Å². The Morgan fingerprint density at radius 2 is 1.46 bits per heavy atom. The van der Waals surface area contributed by atoms with Crippen molar-refractivity contribution < 1.29 is 23.8 Å². The molecule has 2 amide bonds. The van der Waals surface area contributed by atoms with E-state index in [1.807, 2.05) is 31.2 Å². The highest BCUT2D eigenvalue weighted by atomic mass is 32.1. The number of nitrogens with zero attached hydrogens (tertiary/aromatic N) is 2. The Bertz CT molecular complexity index is 1250. The van der Waals surface area contributed by atoms with Gasteiger partial charge in [-0.2, -0.15) is 0 Å². The van der Waals surface area contributed by atoms with Gasteiger partial charge in [0.15, 0.2) is 5.11 Å². The fourth-order valence-electron chi connectivity index (χ4n) is 4.10. The molecule has 0 aromatic heterocycles. The highest BCUT2D eigenvalue weighted by Gasteiger charge is 2.44. The molecule has 192 valence electrons. The molecule has 1 fully saturated rings. The van der Waals surface area contributed by atoms with Crippen molar-refractivity contribution in [2.75, 3.05) is 31.0 Å². The van der Waals surface area contributed by atoms with Gasteiger partial charge in [-0.25, -0.2) is 0 Å². The molecule has 1 saturated heterocycles. The van der Waals surface area contributed by atoms with Crippen molar-refractivity contribution >= 4 is 40.5 Å². The number of thiocarbonyl (C=S) groups is 1. The van der Waals surface area contributed by atoms with Gasteiger partial charge in [0.1, 0.15) is 23.3 Å². The van der Waals surface area contributed by atoms with Crippen LogP contribution >= 0.6 is 12.2 Å². The second-order valence-electron chi connectivity index (χ2n) is 8.36. The number of rotatable bonds is 10. The summed E-state index contributed by atoms with van der Waals surface area (Å²) < 4.78 is 15.9. The molecule has 3 aromatic carbocycles. The van der Waals surface area contributed by atoms with E-state index in [0.717, 1.165) is 17.1 Å². The number of carbonyl (C=O) groups is 2. The third-order valence-electron chi connectivity index (χ3n) is 5.99. The van der Waals surface area contributed by atoms with Crippen molar-refractivity contribution in [3.05, 3.63) is 78.4 Å². The van der Waals surface area contributed by atoms with Crippen molar-refractivity contribution in [3.8, 4) is 17.2 Å². The number of hydrogen-bond acceptors (Lipinski definition) is 6. The van der Waals surface area contributed by atoms with Crippen LogP contribution in [0, 0.1) is 0 Å². The Balaban J connectivity index is 1.56. The lowest BCUT2D eigenvalue weighted by Crippen LogP contribution is -2.37. The fraction of sp³-hybridized carbons (Fsp3) is 0.250. The first-order valence-electron chi connectivity index (χ1n) is 11.9. The van der Waals surface area contributed by atoms with Gasteiger partial charge in [0.05, 0.1) is 32.9 Å². The van der Waals surface area contributed by atoms with Crippen LogP contribution in [0.15, 0.2) is 72.8 Å². The average Bonchev–Trinajstić information content (AvgIpc) is 3.14. The normalized spacial score (nSPS) is 15.1. The van der Waals surface area contributed by atoms with Crippen LogP contribution < -0.4 is 24.4 Å². The molecule has 4 rings (SSSR count). The van der Waals surface area contributed by atoms with Gasteiger partial charge < -0.3 is 24.4 Å². The predicted octanol–water partition coefficient (Wildman–Crippen LogP) is 4.63. The van der Waals surface area contributed by atoms with Gasteiger partial charge in [-0.3, -0.25) is 14.5 Å². The second kappa shape index (κ2) is 11.7. The smallest absolute Gasteiger partial charge is 0.256 e. The van der Waals surface area contributed by atoms with E-state index in [0.29, 0.717) is 35.4 Å². The Labute approximate surface area is 221 Å². The lowest BCUT2D eigenvalue weighted by Gasteiger charge is -2.24. The Kier molecular flexibility index (Phi) is 8.25. The summed E-state index contributed by atoms with van der Waals surface area (Å²) in [7, 11) is 3.19. The van der Waals surface area contributed by atoms with Crippen LogP contribution in [-0.2, 0) is 16.1 Å². The number of amides is 2. The maximum absolute atomic E-state index is 13.6. The van der Waals surface area contributed by atoms with E-state index < -0.39 is 6.04 Å². The van der Waals surface area contributed by atoms with Crippen LogP contribution in [0.5, 0.6) is 17.2 Å². The zero-order chi connectivity index (χ0) is 26.4. The Morgan fingerprint density at radius 3 is 2.03 bits per heavy atom. The summed E-state index contributed by atoms with van der Waals surface area (Å²) in [4.78, 5) is 29.9. The SMILES string of the molecule is CCOc1ccc(NC(=O)CC2C(=O)N(c3ccc(OC)cc3)C(=S)N2Cc2ccc(OC)cc2)cc1. The van der Waals surface area contributed by atoms with Crippen LogP contribution in [0.4, 0.5) is 11.4 Å². The minimum Gasteiger partial charge on any atom is -0.497 e. The minimum atomic E-state index is -0.764. The van der Waals surface area contributed by atoms with Crippen molar-refractivity contribution in [2.24, 2.45) is 0 Å². The standard InChI is InChI=1S/C28H29N3O5S/c1-4-36-24-13-7-20(8-14-24)29-26(32)17-25-27(33)31(21-9-15-23(35-3)16-10-21)28(37)30(25)18-19-5-11-22(34-2)12-6-19/h5-16,25H,4,17-18H2,1-3H3,(H,29,32). The van der Waals surface area contributed by atoms with Crippen molar-refractivity contribution in [2.45, 2.75) is 25.9 Å². The molecule has 0 saturated carbocycles. The third-order valence-corrected chi connectivity index (χ3v) is 6.41. The number of nitrogens with one attached hydrogen (secondary N) is 1. The summed E-state index contributed by atoms with van der Waals surface area (Å²) in [6.45, 7) is 2.83. The molecule has 1 atom stereocenters. The summed E-state index contributed by atoms with van der Waals surface area (Å²) in [6.07, 6.45) is -0.0605. The Morgan fingerprint density at radius 1 is 0.892 bits per heavy atom. The summed E-state index contributed by atoms with van der Waals surface area (Å²) in [5.41, 5.74) is 2.17. The minimum absolute atomic E-state index is 0.0605. The lowest BCUT2D eigenvalue weighted by molar-refractivity contribution is -0.124. The molecule has 0 spiro atoms. The molecular weight excluding hydrogens is 490 g/mol. The van der Waals surface area contributed by atoms with Gasteiger partial charge in [-0.05, 0) is 85.4 Å². The monoisotopic (exact) mass is 519 g/mol. The van der Waals surface area contributed by atoms with E-state index in [-0.39, 0.29) is 18.2 Å². The quantitative estimate of drug-likeness (QED) is 0.391. The van der Waals surface area contributed by atoms with Gasteiger partial charge >= 0.3 is 0 Å². The van der Waals surface area contributed by atoms with E-state index >= 15 is 0 Å². The van der Waals surface area contributed by atoms with E-state index in [2.05, 4.69) is 5.32 Å².